The lowest BCUT2D eigenvalue weighted by Crippen LogP contribution is -1.97. The van der Waals surface area contributed by atoms with E-state index in [9.17, 15) is 4.79 Å². The Morgan fingerprint density at radius 3 is 2.58 bits per heavy atom. The molecule has 4 heteroatoms. The van der Waals surface area contributed by atoms with Crippen LogP contribution in [-0.2, 0) is 0 Å². The highest BCUT2D eigenvalue weighted by Gasteiger charge is 2.03. The Morgan fingerprint density at radius 2 is 1.85 bits per heavy atom. The highest BCUT2D eigenvalue weighted by atomic mass is 16.5. The number of allylic oxidation sites excluding steroid dienone is 1. The van der Waals surface area contributed by atoms with Crippen molar-refractivity contribution in [2.24, 2.45) is 0 Å². The minimum absolute atomic E-state index is 0.0626. The van der Waals surface area contributed by atoms with E-state index in [4.69, 9.17) is 14.7 Å². The summed E-state index contributed by atoms with van der Waals surface area (Å²) in [6, 6.07) is 16.8. The molecule has 4 nitrogen and oxygen atoms in total. The Hall–Kier alpha value is -3.06. The molecule has 0 spiro atoms. The Balaban J connectivity index is 1.93. The molecule has 0 fully saturated rings. The van der Waals surface area contributed by atoms with Crippen molar-refractivity contribution >= 4 is 11.9 Å². The second-order valence-electron chi connectivity index (χ2n) is 5.75. The summed E-state index contributed by atoms with van der Waals surface area (Å²) >= 11 is 0. The van der Waals surface area contributed by atoms with Crippen LogP contribution in [0.1, 0.15) is 42.1 Å². The van der Waals surface area contributed by atoms with Gasteiger partial charge in [-0.1, -0.05) is 25.1 Å². The van der Waals surface area contributed by atoms with Gasteiger partial charge in [0.2, 0.25) is 0 Å². The van der Waals surface area contributed by atoms with Crippen LogP contribution in [0.15, 0.2) is 54.6 Å². The fourth-order valence-corrected chi connectivity index (χ4v) is 2.25. The van der Waals surface area contributed by atoms with Crippen LogP contribution in [0.2, 0.25) is 0 Å². The van der Waals surface area contributed by atoms with Gasteiger partial charge in [-0.15, -0.1) is 0 Å². The molecule has 0 aliphatic heterocycles. The van der Waals surface area contributed by atoms with Crippen molar-refractivity contribution in [2.75, 3.05) is 13.2 Å². The fraction of sp³-hybridized carbons (Fsp3) is 0.273. The SMILES string of the molecule is CCCOc1ccc(C(=O)/C=C/c2cccc(OCCCC#N)c2)cc1. The number of carbonyl (C=O) groups is 1. The molecule has 0 saturated heterocycles. The summed E-state index contributed by atoms with van der Waals surface area (Å²) in [5.41, 5.74) is 1.51. The van der Waals surface area contributed by atoms with Crippen molar-refractivity contribution in [2.45, 2.75) is 26.2 Å². The van der Waals surface area contributed by atoms with Crippen molar-refractivity contribution < 1.29 is 14.3 Å². The first-order valence-electron chi connectivity index (χ1n) is 8.78. The number of hydrogen-bond donors (Lipinski definition) is 0. The largest absolute Gasteiger partial charge is 0.494 e. The molecule has 0 aromatic heterocycles. The van der Waals surface area contributed by atoms with Crippen LogP contribution < -0.4 is 9.47 Å². The second-order valence-corrected chi connectivity index (χ2v) is 5.75. The molecule has 0 aliphatic carbocycles. The third kappa shape index (κ3) is 6.45. The third-order valence-electron chi connectivity index (χ3n) is 3.60. The molecule has 0 radical (unpaired) electrons. The molecule has 134 valence electrons. The van der Waals surface area contributed by atoms with Gasteiger partial charge in [-0.05, 0) is 60.9 Å². The number of rotatable bonds is 10. The summed E-state index contributed by atoms with van der Waals surface area (Å²) < 4.78 is 11.1. The highest BCUT2D eigenvalue weighted by molar-refractivity contribution is 6.06. The van der Waals surface area contributed by atoms with Gasteiger partial charge in [-0.2, -0.15) is 5.26 Å². The lowest BCUT2D eigenvalue weighted by molar-refractivity contribution is 0.104. The molecule has 2 aromatic carbocycles. The minimum atomic E-state index is -0.0626. The maximum Gasteiger partial charge on any atom is 0.185 e. The molecule has 0 unspecified atom stereocenters. The molecule has 0 saturated carbocycles. The van der Waals surface area contributed by atoms with Crippen molar-refractivity contribution in [3.8, 4) is 17.6 Å². The summed E-state index contributed by atoms with van der Waals surface area (Å²) in [6.07, 6.45) is 5.45. The highest BCUT2D eigenvalue weighted by Crippen LogP contribution is 2.16. The predicted molar refractivity (Wildman–Crippen MR) is 102 cm³/mol. The van der Waals surface area contributed by atoms with E-state index in [0.29, 0.717) is 31.6 Å². The Morgan fingerprint density at radius 1 is 1.08 bits per heavy atom. The standard InChI is InChI=1S/C22H23NO3/c1-2-15-25-20-11-9-19(10-12-20)22(24)13-8-18-6-5-7-21(17-18)26-16-4-3-14-23/h5-13,17H,2-4,15-16H2,1H3/b13-8+. The van der Waals surface area contributed by atoms with E-state index < -0.39 is 0 Å². The van der Waals surface area contributed by atoms with Crippen molar-refractivity contribution in [3.05, 3.63) is 65.7 Å². The van der Waals surface area contributed by atoms with Crippen molar-refractivity contribution in [1.29, 1.82) is 5.26 Å². The molecular weight excluding hydrogens is 326 g/mol. The predicted octanol–water partition coefficient (Wildman–Crippen LogP) is 5.05. The number of ether oxygens (including phenoxy) is 2. The Bertz CT molecular complexity index is 773. The number of ketones is 1. The molecule has 0 atom stereocenters. The molecule has 2 aromatic rings. The lowest BCUT2D eigenvalue weighted by Gasteiger charge is -2.05. The average molecular weight is 349 g/mol. The van der Waals surface area contributed by atoms with E-state index in [0.717, 1.165) is 23.5 Å². The maximum absolute atomic E-state index is 12.3. The Labute approximate surface area is 154 Å². The summed E-state index contributed by atoms with van der Waals surface area (Å²) in [5, 5.41) is 8.52. The first kappa shape index (κ1) is 19.3. The average Bonchev–Trinajstić information content (AvgIpc) is 2.68. The third-order valence-corrected chi connectivity index (χ3v) is 3.60. The quantitative estimate of drug-likeness (QED) is 0.342. The van der Waals surface area contributed by atoms with Crippen LogP contribution in [0.4, 0.5) is 0 Å². The smallest absolute Gasteiger partial charge is 0.185 e. The van der Waals surface area contributed by atoms with Crippen LogP contribution in [0.25, 0.3) is 6.08 Å². The molecular formula is C22H23NO3. The molecule has 0 heterocycles. The van der Waals surface area contributed by atoms with Crippen LogP contribution in [0, 0.1) is 11.3 Å². The number of nitrogens with zero attached hydrogens (tertiary/aromatic N) is 1. The second kappa shape index (κ2) is 10.7. The first-order chi connectivity index (χ1) is 12.7. The van der Waals surface area contributed by atoms with E-state index in [1.165, 1.54) is 0 Å². The van der Waals surface area contributed by atoms with Gasteiger partial charge in [0.15, 0.2) is 5.78 Å². The minimum Gasteiger partial charge on any atom is -0.494 e. The van der Waals surface area contributed by atoms with E-state index >= 15 is 0 Å². The van der Waals surface area contributed by atoms with E-state index in [1.54, 1.807) is 24.3 Å². The van der Waals surface area contributed by atoms with E-state index in [1.807, 2.05) is 36.4 Å². The van der Waals surface area contributed by atoms with Crippen LogP contribution in [0.5, 0.6) is 11.5 Å². The van der Waals surface area contributed by atoms with E-state index in [-0.39, 0.29) is 5.78 Å². The van der Waals surface area contributed by atoms with Crippen molar-refractivity contribution in [1.82, 2.24) is 0 Å². The first-order valence-corrected chi connectivity index (χ1v) is 8.78. The van der Waals surface area contributed by atoms with Crippen LogP contribution in [-0.4, -0.2) is 19.0 Å². The normalized spacial score (nSPS) is 10.5. The van der Waals surface area contributed by atoms with Crippen molar-refractivity contribution in [3.63, 3.8) is 0 Å². The van der Waals surface area contributed by atoms with Gasteiger partial charge in [0, 0.05) is 12.0 Å². The monoisotopic (exact) mass is 349 g/mol. The molecule has 0 N–H and O–H groups in total. The molecule has 26 heavy (non-hydrogen) atoms. The van der Waals surface area contributed by atoms with Gasteiger partial charge in [-0.25, -0.2) is 0 Å². The van der Waals surface area contributed by atoms with Crippen LogP contribution in [0.3, 0.4) is 0 Å². The molecule has 0 bridgehead atoms. The summed E-state index contributed by atoms with van der Waals surface area (Å²) in [5.74, 6) is 1.44. The number of carbonyl (C=O) groups excluding carboxylic acids is 1. The zero-order valence-corrected chi connectivity index (χ0v) is 15.0. The van der Waals surface area contributed by atoms with Crippen LogP contribution >= 0.6 is 0 Å². The van der Waals surface area contributed by atoms with Gasteiger partial charge in [0.05, 0.1) is 19.3 Å². The zero-order valence-electron chi connectivity index (χ0n) is 15.0. The summed E-state index contributed by atoms with van der Waals surface area (Å²) in [6.45, 7) is 3.23. The van der Waals surface area contributed by atoms with Gasteiger partial charge >= 0.3 is 0 Å². The topological polar surface area (TPSA) is 59.3 Å². The van der Waals surface area contributed by atoms with E-state index in [2.05, 4.69) is 13.0 Å². The summed E-state index contributed by atoms with van der Waals surface area (Å²) in [4.78, 5) is 12.3. The van der Waals surface area contributed by atoms with Gasteiger partial charge in [0.25, 0.3) is 0 Å². The number of nitriles is 1. The maximum atomic E-state index is 12.3. The van der Waals surface area contributed by atoms with Gasteiger partial charge in [-0.3, -0.25) is 4.79 Å². The lowest BCUT2D eigenvalue weighted by atomic mass is 10.1. The van der Waals surface area contributed by atoms with Gasteiger partial charge < -0.3 is 9.47 Å². The molecule has 2 rings (SSSR count). The number of unbranched alkanes of at least 4 members (excludes halogenated alkanes) is 1. The summed E-state index contributed by atoms with van der Waals surface area (Å²) in [7, 11) is 0. The number of hydrogen-bond acceptors (Lipinski definition) is 4. The van der Waals surface area contributed by atoms with Gasteiger partial charge in [0.1, 0.15) is 11.5 Å². The fourth-order valence-electron chi connectivity index (χ4n) is 2.25. The number of benzene rings is 2. The Kier molecular flexibility index (Phi) is 7.95. The molecule has 0 aliphatic rings. The molecule has 0 amide bonds. The zero-order chi connectivity index (χ0) is 18.6.